The van der Waals surface area contributed by atoms with Crippen molar-refractivity contribution in [1.82, 2.24) is 10.3 Å². The van der Waals surface area contributed by atoms with Gasteiger partial charge in [0.25, 0.3) is 5.91 Å². The van der Waals surface area contributed by atoms with Gasteiger partial charge in [0.1, 0.15) is 0 Å². The van der Waals surface area contributed by atoms with Crippen molar-refractivity contribution in [2.75, 3.05) is 6.54 Å². The maximum absolute atomic E-state index is 11.7. The van der Waals surface area contributed by atoms with E-state index in [0.717, 1.165) is 5.69 Å². The van der Waals surface area contributed by atoms with Gasteiger partial charge in [-0.05, 0) is 32.9 Å². The second kappa shape index (κ2) is 4.95. The van der Waals surface area contributed by atoms with Gasteiger partial charge in [0, 0.05) is 18.4 Å². The van der Waals surface area contributed by atoms with Gasteiger partial charge in [0.2, 0.25) is 0 Å². The molecule has 0 aliphatic rings. The van der Waals surface area contributed by atoms with Gasteiger partial charge in [-0.3, -0.25) is 14.6 Å². The lowest BCUT2D eigenvalue weighted by Crippen LogP contribution is -2.38. The highest BCUT2D eigenvalue weighted by atomic mass is 16.4. The van der Waals surface area contributed by atoms with E-state index < -0.39 is 11.4 Å². The Hall–Kier alpha value is -1.91. The number of carbonyl (C=O) groups excluding carboxylic acids is 1. The van der Waals surface area contributed by atoms with Crippen LogP contribution in [0.1, 0.15) is 29.9 Å². The Balaban J connectivity index is 2.62. The molecule has 0 aliphatic carbocycles. The summed E-state index contributed by atoms with van der Waals surface area (Å²) in [6, 6.07) is 3.39. The van der Waals surface area contributed by atoms with Gasteiger partial charge in [-0.1, -0.05) is 0 Å². The van der Waals surface area contributed by atoms with Crippen molar-refractivity contribution in [3.63, 3.8) is 0 Å². The summed E-state index contributed by atoms with van der Waals surface area (Å²) in [5.41, 5.74) is 0.276. The number of rotatable bonds is 4. The lowest BCUT2D eigenvalue weighted by Gasteiger charge is -2.19. The number of nitrogens with zero attached hydrogens (tertiary/aromatic N) is 1. The van der Waals surface area contributed by atoms with Crippen LogP contribution < -0.4 is 5.32 Å². The number of amides is 1. The van der Waals surface area contributed by atoms with Crippen molar-refractivity contribution < 1.29 is 14.7 Å². The number of aromatic nitrogens is 1. The minimum atomic E-state index is -0.978. The Kier molecular flexibility index (Phi) is 3.83. The van der Waals surface area contributed by atoms with Crippen molar-refractivity contribution in [2.24, 2.45) is 5.41 Å². The van der Waals surface area contributed by atoms with E-state index in [1.165, 1.54) is 6.20 Å². The monoisotopic (exact) mass is 236 g/mol. The Morgan fingerprint density at radius 3 is 2.53 bits per heavy atom. The summed E-state index contributed by atoms with van der Waals surface area (Å²) in [5, 5.41) is 11.5. The predicted octanol–water partition coefficient (Wildman–Crippen LogP) is 1.23. The van der Waals surface area contributed by atoms with Gasteiger partial charge in [0.05, 0.1) is 11.0 Å². The molecule has 1 heterocycles. The summed E-state index contributed by atoms with van der Waals surface area (Å²) in [6.45, 7) is 5.02. The van der Waals surface area contributed by atoms with E-state index in [-0.39, 0.29) is 12.5 Å². The SMILES string of the molecule is Cc1ccc(C(=O)NCC(C)(C)C(=O)O)cn1. The molecule has 0 atom stereocenters. The van der Waals surface area contributed by atoms with E-state index in [0.29, 0.717) is 5.56 Å². The molecular formula is C12H16N2O3. The van der Waals surface area contributed by atoms with E-state index in [2.05, 4.69) is 10.3 Å². The number of hydrogen-bond donors (Lipinski definition) is 2. The second-order valence-electron chi connectivity index (χ2n) is 4.56. The first-order valence-electron chi connectivity index (χ1n) is 5.27. The zero-order chi connectivity index (χ0) is 13.1. The third-order valence-corrected chi connectivity index (χ3v) is 2.44. The Labute approximate surface area is 99.9 Å². The standard InChI is InChI=1S/C12H16N2O3/c1-8-4-5-9(6-13-8)10(15)14-7-12(2,3)11(16)17/h4-6H,7H2,1-3H3,(H,14,15)(H,16,17). The first-order chi connectivity index (χ1) is 7.83. The molecule has 2 N–H and O–H groups in total. The van der Waals surface area contributed by atoms with E-state index in [9.17, 15) is 9.59 Å². The predicted molar refractivity (Wildman–Crippen MR) is 62.7 cm³/mol. The first-order valence-corrected chi connectivity index (χ1v) is 5.27. The van der Waals surface area contributed by atoms with Gasteiger partial charge < -0.3 is 10.4 Å². The van der Waals surface area contributed by atoms with Gasteiger partial charge >= 0.3 is 5.97 Å². The van der Waals surface area contributed by atoms with Crippen molar-refractivity contribution in [2.45, 2.75) is 20.8 Å². The molecule has 1 amide bonds. The van der Waals surface area contributed by atoms with Crippen molar-refractivity contribution >= 4 is 11.9 Å². The average Bonchev–Trinajstić information content (AvgIpc) is 2.27. The molecule has 0 radical (unpaired) electrons. The maximum Gasteiger partial charge on any atom is 0.310 e. The largest absolute Gasteiger partial charge is 0.481 e. The highest BCUT2D eigenvalue weighted by molar-refractivity contribution is 5.94. The number of aryl methyl sites for hydroxylation is 1. The van der Waals surface area contributed by atoms with E-state index in [4.69, 9.17) is 5.11 Å². The highest BCUT2D eigenvalue weighted by Crippen LogP contribution is 2.13. The molecule has 1 aromatic heterocycles. The van der Waals surface area contributed by atoms with Gasteiger partial charge in [-0.15, -0.1) is 0 Å². The summed E-state index contributed by atoms with van der Waals surface area (Å²) in [4.78, 5) is 26.5. The van der Waals surface area contributed by atoms with Crippen LogP contribution in [0.2, 0.25) is 0 Å². The summed E-state index contributed by atoms with van der Waals surface area (Å²) < 4.78 is 0. The summed E-state index contributed by atoms with van der Waals surface area (Å²) >= 11 is 0. The van der Waals surface area contributed by atoms with E-state index >= 15 is 0 Å². The number of nitrogens with one attached hydrogen (secondary N) is 1. The van der Waals surface area contributed by atoms with Gasteiger partial charge in [-0.25, -0.2) is 0 Å². The lowest BCUT2D eigenvalue weighted by atomic mass is 9.94. The molecule has 0 saturated heterocycles. The molecule has 17 heavy (non-hydrogen) atoms. The van der Waals surface area contributed by atoms with Crippen molar-refractivity contribution in [1.29, 1.82) is 0 Å². The highest BCUT2D eigenvalue weighted by Gasteiger charge is 2.27. The van der Waals surface area contributed by atoms with Crippen LogP contribution in [0.15, 0.2) is 18.3 Å². The van der Waals surface area contributed by atoms with Crippen LogP contribution in [0, 0.1) is 12.3 Å². The Morgan fingerprint density at radius 1 is 1.41 bits per heavy atom. The zero-order valence-electron chi connectivity index (χ0n) is 10.2. The third-order valence-electron chi connectivity index (χ3n) is 2.44. The molecule has 5 nitrogen and oxygen atoms in total. The maximum atomic E-state index is 11.7. The molecule has 0 bridgehead atoms. The fourth-order valence-corrected chi connectivity index (χ4v) is 1.08. The normalized spacial score (nSPS) is 11.0. The molecule has 0 spiro atoms. The lowest BCUT2D eigenvalue weighted by molar-refractivity contribution is -0.146. The first kappa shape index (κ1) is 13.2. The van der Waals surface area contributed by atoms with Crippen molar-refractivity contribution in [3.05, 3.63) is 29.6 Å². The van der Waals surface area contributed by atoms with E-state index in [1.54, 1.807) is 26.0 Å². The second-order valence-corrected chi connectivity index (χ2v) is 4.56. The Morgan fingerprint density at radius 2 is 2.06 bits per heavy atom. The van der Waals surface area contributed by atoms with Crippen LogP contribution >= 0.6 is 0 Å². The molecule has 5 heteroatoms. The van der Waals surface area contributed by atoms with Crippen LogP contribution in [-0.2, 0) is 4.79 Å². The quantitative estimate of drug-likeness (QED) is 0.824. The zero-order valence-corrected chi connectivity index (χ0v) is 10.2. The topological polar surface area (TPSA) is 79.3 Å². The number of hydrogen-bond acceptors (Lipinski definition) is 3. The minimum Gasteiger partial charge on any atom is -0.481 e. The molecule has 0 aromatic carbocycles. The summed E-state index contributed by atoms with van der Waals surface area (Å²) in [5.74, 6) is -1.26. The van der Waals surface area contributed by atoms with Crippen LogP contribution in [0.25, 0.3) is 0 Å². The smallest absolute Gasteiger partial charge is 0.310 e. The Bertz CT molecular complexity index is 424. The number of aliphatic carboxylic acids is 1. The molecular weight excluding hydrogens is 220 g/mol. The number of carboxylic acid groups (broad SMARTS) is 1. The fourth-order valence-electron chi connectivity index (χ4n) is 1.08. The summed E-state index contributed by atoms with van der Waals surface area (Å²) in [6.07, 6.45) is 1.47. The molecule has 92 valence electrons. The van der Waals surface area contributed by atoms with Crippen LogP contribution in [0.3, 0.4) is 0 Å². The number of carbonyl (C=O) groups is 2. The molecule has 1 rings (SSSR count). The molecule has 0 unspecified atom stereocenters. The molecule has 1 aromatic rings. The molecule has 0 saturated carbocycles. The van der Waals surface area contributed by atoms with E-state index in [1.807, 2.05) is 6.92 Å². The van der Waals surface area contributed by atoms with Crippen LogP contribution in [-0.4, -0.2) is 28.5 Å². The van der Waals surface area contributed by atoms with Crippen LogP contribution in [0.4, 0.5) is 0 Å². The number of carboxylic acids is 1. The number of pyridine rings is 1. The molecule has 0 aliphatic heterocycles. The average molecular weight is 236 g/mol. The van der Waals surface area contributed by atoms with Gasteiger partial charge in [0.15, 0.2) is 0 Å². The fraction of sp³-hybridized carbons (Fsp3) is 0.417. The van der Waals surface area contributed by atoms with Crippen LogP contribution in [0.5, 0.6) is 0 Å². The molecule has 0 fully saturated rings. The summed E-state index contributed by atoms with van der Waals surface area (Å²) in [7, 11) is 0. The minimum absolute atomic E-state index is 0.0784. The third kappa shape index (κ3) is 3.55. The van der Waals surface area contributed by atoms with Crippen molar-refractivity contribution in [3.8, 4) is 0 Å². The van der Waals surface area contributed by atoms with Gasteiger partial charge in [-0.2, -0.15) is 0 Å².